The van der Waals surface area contributed by atoms with E-state index >= 15 is 0 Å². The number of sulfone groups is 1. The number of hydrogen-bond acceptors (Lipinski definition) is 5. The molecule has 0 spiro atoms. The van der Waals surface area contributed by atoms with Gasteiger partial charge in [-0.2, -0.15) is 0 Å². The maximum Gasteiger partial charge on any atom is 0.236 e. The Labute approximate surface area is 139 Å². The Hall–Kier alpha value is -1.60. The molecule has 0 aliphatic carbocycles. The molecule has 1 aromatic rings. The number of nitrogens with zero attached hydrogens (tertiary/aromatic N) is 1. The van der Waals surface area contributed by atoms with Gasteiger partial charge in [0.15, 0.2) is 0 Å². The smallest absolute Gasteiger partial charge is 0.236 e. The van der Waals surface area contributed by atoms with Crippen molar-refractivity contribution in [2.24, 2.45) is 5.73 Å². The lowest BCUT2D eigenvalue weighted by molar-refractivity contribution is -0.122. The van der Waals surface area contributed by atoms with Gasteiger partial charge in [0.05, 0.1) is 11.8 Å². The van der Waals surface area contributed by atoms with Crippen LogP contribution in [0.1, 0.15) is 19.8 Å². The molecule has 130 valence electrons. The number of rotatable bonds is 10. The highest BCUT2D eigenvalue weighted by atomic mass is 32.2. The van der Waals surface area contributed by atoms with E-state index in [2.05, 4.69) is 29.3 Å². The zero-order chi connectivity index (χ0) is 17.3. The summed E-state index contributed by atoms with van der Waals surface area (Å²) in [7, 11) is -3.09. The van der Waals surface area contributed by atoms with Crippen molar-refractivity contribution in [2.45, 2.75) is 25.8 Å². The summed E-state index contributed by atoms with van der Waals surface area (Å²) in [5.74, 6) is -0.365. The number of benzene rings is 1. The predicted octanol–water partition coefficient (Wildman–Crippen LogP) is 0.781. The number of nitrogens with two attached hydrogens (primary N) is 1. The molecule has 3 N–H and O–H groups in total. The Morgan fingerprint density at radius 3 is 2.52 bits per heavy atom. The average Bonchev–Trinajstić information content (AvgIpc) is 2.52. The molecule has 1 atom stereocenters. The zero-order valence-corrected chi connectivity index (χ0v) is 14.7. The Morgan fingerprint density at radius 2 is 1.96 bits per heavy atom. The number of hydrogen-bond donors (Lipinski definition) is 2. The molecule has 0 heterocycles. The number of anilines is 1. The third kappa shape index (κ3) is 7.99. The van der Waals surface area contributed by atoms with Crippen LogP contribution in [0.3, 0.4) is 0 Å². The summed E-state index contributed by atoms with van der Waals surface area (Å²) >= 11 is 0. The fraction of sp³-hybridized carbons (Fsp3) is 0.562. The summed E-state index contributed by atoms with van der Waals surface area (Å²) in [6.07, 6.45) is 2.09. The number of carbonyl (C=O) groups is 1. The number of para-hydroxylation sites is 1. The van der Waals surface area contributed by atoms with Crippen molar-refractivity contribution in [3.05, 3.63) is 30.3 Å². The van der Waals surface area contributed by atoms with Gasteiger partial charge >= 0.3 is 0 Å². The fourth-order valence-electron chi connectivity index (χ4n) is 2.19. The maximum atomic E-state index is 11.8. The van der Waals surface area contributed by atoms with Crippen molar-refractivity contribution in [3.63, 3.8) is 0 Å². The Morgan fingerprint density at radius 1 is 1.30 bits per heavy atom. The molecule has 7 heteroatoms. The van der Waals surface area contributed by atoms with E-state index in [1.54, 1.807) is 0 Å². The monoisotopic (exact) mass is 341 g/mol. The summed E-state index contributed by atoms with van der Waals surface area (Å²) < 4.78 is 22.1. The molecule has 0 aromatic heterocycles. The first-order chi connectivity index (χ1) is 10.8. The van der Waals surface area contributed by atoms with Crippen LogP contribution in [-0.4, -0.2) is 52.0 Å². The van der Waals surface area contributed by atoms with E-state index in [4.69, 9.17) is 5.73 Å². The molecule has 0 fully saturated rings. The van der Waals surface area contributed by atoms with Crippen LogP contribution in [0.2, 0.25) is 0 Å². The van der Waals surface area contributed by atoms with Crippen molar-refractivity contribution < 1.29 is 13.2 Å². The first-order valence-corrected chi connectivity index (χ1v) is 9.90. The minimum absolute atomic E-state index is 0.0702. The van der Waals surface area contributed by atoms with Gasteiger partial charge in [-0.25, -0.2) is 8.42 Å². The molecule has 0 radical (unpaired) electrons. The third-order valence-electron chi connectivity index (χ3n) is 3.54. The second kappa shape index (κ2) is 9.52. The van der Waals surface area contributed by atoms with E-state index in [1.165, 1.54) is 0 Å². The lowest BCUT2D eigenvalue weighted by atomic mass is 10.2. The highest BCUT2D eigenvalue weighted by Crippen LogP contribution is 2.12. The molecular formula is C16H27N3O3S. The Balaban J connectivity index is 2.29. The van der Waals surface area contributed by atoms with Gasteiger partial charge in [-0.1, -0.05) is 18.2 Å². The minimum Gasteiger partial charge on any atom is -0.372 e. The molecule has 23 heavy (non-hydrogen) atoms. The number of carbonyl (C=O) groups excluding carboxylic acids is 1. The molecule has 6 nitrogen and oxygen atoms in total. The van der Waals surface area contributed by atoms with E-state index in [0.29, 0.717) is 6.54 Å². The number of nitrogens with one attached hydrogen (secondary N) is 1. The van der Waals surface area contributed by atoms with E-state index in [1.807, 2.05) is 18.2 Å². The van der Waals surface area contributed by atoms with Crippen LogP contribution >= 0.6 is 0 Å². The first-order valence-electron chi connectivity index (χ1n) is 7.84. The van der Waals surface area contributed by atoms with Gasteiger partial charge in [0.25, 0.3) is 0 Å². The molecule has 1 amide bonds. The second-order valence-corrected chi connectivity index (χ2v) is 7.84. The van der Waals surface area contributed by atoms with Gasteiger partial charge in [-0.3, -0.25) is 4.79 Å². The van der Waals surface area contributed by atoms with Gasteiger partial charge in [-0.15, -0.1) is 0 Å². The van der Waals surface area contributed by atoms with Gasteiger partial charge < -0.3 is 16.0 Å². The van der Waals surface area contributed by atoms with Crippen molar-refractivity contribution in [3.8, 4) is 0 Å². The van der Waals surface area contributed by atoms with E-state index in [0.717, 1.165) is 31.5 Å². The van der Waals surface area contributed by atoms with E-state index < -0.39 is 15.9 Å². The van der Waals surface area contributed by atoms with Crippen LogP contribution in [0.25, 0.3) is 0 Å². The SMILES string of the molecule is CCN(CCCNC(=O)C(N)CCS(C)(=O)=O)c1ccccc1. The van der Waals surface area contributed by atoms with Gasteiger partial charge in [0.2, 0.25) is 5.91 Å². The summed E-state index contributed by atoms with van der Waals surface area (Å²) in [6.45, 7) is 4.34. The van der Waals surface area contributed by atoms with Gasteiger partial charge in [0, 0.05) is 31.6 Å². The van der Waals surface area contributed by atoms with Gasteiger partial charge in [-0.05, 0) is 31.9 Å². The molecule has 0 bridgehead atoms. The van der Waals surface area contributed by atoms with Crippen molar-refractivity contribution in [1.82, 2.24) is 5.32 Å². The van der Waals surface area contributed by atoms with Crippen LogP contribution in [0.4, 0.5) is 5.69 Å². The first kappa shape index (κ1) is 19.4. The fourth-order valence-corrected chi connectivity index (χ4v) is 2.88. The van der Waals surface area contributed by atoms with Crippen LogP contribution in [0, 0.1) is 0 Å². The Bertz CT molecular complexity index is 575. The second-order valence-electron chi connectivity index (χ2n) is 5.58. The zero-order valence-electron chi connectivity index (χ0n) is 13.9. The van der Waals surface area contributed by atoms with Crippen LogP contribution < -0.4 is 16.0 Å². The van der Waals surface area contributed by atoms with Crippen molar-refractivity contribution in [1.29, 1.82) is 0 Å². The summed E-state index contributed by atoms with van der Waals surface area (Å²) in [6, 6.07) is 9.32. The largest absolute Gasteiger partial charge is 0.372 e. The molecule has 0 aliphatic heterocycles. The number of amides is 1. The molecule has 1 aromatic carbocycles. The molecule has 1 unspecified atom stereocenters. The molecule has 0 saturated heterocycles. The third-order valence-corrected chi connectivity index (χ3v) is 4.52. The lowest BCUT2D eigenvalue weighted by Crippen LogP contribution is -2.42. The molecule has 0 aliphatic rings. The lowest BCUT2D eigenvalue weighted by Gasteiger charge is -2.23. The van der Waals surface area contributed by atoms with E-state index in [9.17, 15) is 13.2 Å². The van der Waals surface area contributed by atoms with Crippen molar-refractivity contribution in [2.75, 3.05) is 36.5 Å². The topological polar surface area (TPSA) is 92.5 Å². The average molecular weight is 341 g/mol. The summed E-state index contributed by atoms with van der Waals surface area (Å²) in [5, 5.41) is 2.76. The van der Waals surface area contributed by atoms with Crippen LogP contribution in [0.15, 0.2) is 30.3 Å². The molecule has 0 saturated carbocycles. The minimum atomic E-state index is -3.09. The van der Waals surface area contributed by atoms with Crippen LogP contribution in [0.5, 0.6) is 0 Å². The van der Waals surface area contributed by atoms with Crippen molar-refractivity contribution >= 4 is 21.4 Å². The van der Waals surface area contributed by atoms with E-state index in [-0.39, 0.29) is 18.1 Å². The highest BCUT2D eigenvalue weighted by molar-refractivity contribution is 7.90. The normalized spacial score (nSPS) is 12.7. The highest BCUT2D eigenvalue weighted by Gasteiger charge is 2.15. The predicted molar refractivity (Wildman–Crippen MR) is 94.3 cm³/mol. The molecule has 1 rings (SSSR count). The quantitative estimate of drug-likeness (QED) is 0.614. The standard InChI is InChI=1S/C16H27N3O3S/c1-3-19(14-8-5-4-6-9-14)12-7-11-18-16(20)15(17)10-13-23(2,21)22/h4-6,8-9,15H,3,7,10-13,17H2,1-2H3,(H,18,20). The summed E-state index contributed by atoms with van der Waals surface area (Å²) in [5.41, 5.74) is 6.86. The molecular weight excluding hydrogens is 314 g/mol. The van der Waals surface area contributed by atoms with Crippen LogP contribution in [-0.2, 0) is 14.6 Å². The Kier molecular flexibility index (Phi) is 8.05. The maximum absolute atomic E-state index is 11.8. The summed E-state index contributed by atoms with van der Waals surface area (Å²) in [4.78, 5) is 14.0. The van der Waals surface area contributed by atoms with Gasteiger partial charge in [0.1, 0.15) is 9.84 Å².